The van der Waals surface area contributed by atoms with Gasteiger partial charge in [-0.1, -0.05) is 18.2 Å². The van der Waals surface area contributed by atoms with E-state index in [1.54, 1.807) is 32.9 Å². The summed E-state index contributed by atoms with van der Waals surface area (Å²) in [6.07, 6.45) is 1.05. The second-order valence-electron chi connectivity index (χ2n) is 7.93. The first kappa shape index (κ1) is 22.8. The number of aliphatic hydroxyl groups is 1. The van der Waals surface area contributed by atoms with Gasteiger partial charge in [0.2, 0.25) is 13.1 Å². The molecule has 1 fully saturated rings. The molecule has 2 N–H and O–H groups in total. The Bertz CT molecular complexity index is 990. The van der Waals surface area contributed by atoms with Crippen LogP contribution >= 0.6 is 15.6 Å². The Morgan fingerprint density at radius 1 is 1.30 bits per heavy atom. The number of esters is 1. The van der Waals surface area contributed by atoms with E-state index >= 15 is 0 Å². The van der Waals surface area contributed by atoms with Gasteiger partial charge in [0.05, 0.1) is 5.41 Å². The number of nitrogens with zero attached hydrogens (tertiary/aromatic N) is 1. The van der Waals surface area contributed by atoms with Crippen LogP contribution in [-0.2, 0) is 29.4 Å². The highest BCUT2D eigenvalue weighted by atomic mass is 31.2. The van der Waals surface area contributed by atoms with Gasteiger partial charge in [-0.05, 0) is 44.5 Å². The van der Waals surface area contributed by atoms with Crippen LogP contribution in [0.3, 0.4) is 0 Å². The summed E-state index contributed by atoms with van der Waals surface area (Å²) in [5, 5.41) is 8.12. The zero-order valence-electron chi connectivity index (χ0n) is 16.6. The molecule has 9 nitrogen and oxygen atoms in total. The second kappa shape index (κ2) is 8.35. The Balaban J connectivity index is 1.76. The number of rotatable bonds is 4. The molecule has 4 atom stereocenters. The number of hydrogen-bond donors (Lipinski definition) is 2. The number of carbonyl (C=O) groups excluding carboxylic acids is 1. The van der Waals surface area contributed by atoms with E-state index in [4.69, 9.17) is 13.8 Å². The van der Waals surface area contributed by atoms with Gasteiger partial charge in [-0.15, -0.1) is 0 Å². The standard InChI is InChI=1S/C19H23NO8P2/c1-18(2,3)17(21)26-15-8-6-14(7-9-15)16-27-29(23)19(22,30(24,25)28-16)11-13-5-4-10-20-12-13/h4-10,12,16,22,29H,11H2,1-3H3,(H,24,25). The molecule has 0 bridgehead atoms. The molecule has 1 aromatic heterocycles. The molecule has 1 saturated heterocycles. The first-order chi connectivity index (χ1) is 13.9. The van der Waals surface area contributed by atoms with Crippen LogP contribution < -0.4 is 4.74 Å². The molecule has 4 unspecified atom stereocenters. The molecule has 2 aromatic rings. The molecule has 0 spiro atoms. The van der Waals surface area contributed by atoms with Crippen molar-refractivity contribution in [2.24, 2.45) is 5.41 Å². The Kier molecular flexibility index (Phi) is 6.35. The van der Waals surface area contributed by atoms with Crippen molar-refractivity contribution in [1.82, 2.24) is 4.98 Å². The third kappa shape index (κ3) is 4.72. The lowest BCUT2D eigenvalue weighted by atomic mass is 9.97. The van der Waals surface area contributed by atoms with Crippen molar-refractivity contribution in [3.05, 3.63) is 59.9 Å². The molecule has 0 saturated carbocycles. The summed E-state index contributed by atoms with van der Waals surface area (Å²) >= 11 is 0. The summed E-state index contributed by atoms with van der Waals surface area (Å²) in [5.74, 6) is -0.159. The van der Waals surface area contributed by atoms with E-state index in [0.717, 1.165) is 0 Å². The molecule has 30 heavy (non-hydrogen) atoms. The minimum Gasteiger partial charge on any atom is -0.426 e. The Morgan fingerprint density at radius 2 is 1.97 bits per heavy atom. The van der Waals surface area contributed by atoms with Crippen molar-refractivity contribution in [1.29, 1.82) is 0 Å². The molecule has 1 aliphatic heterocycles. The highest BCUT2D eigenvalue weighted by Crippen LogP contribution is 2.72. The zero-order chi connectivity index (χ0) is 22.2. The fourth-order valence-electron chi connectivity index (χ4n) is 2.59. The first-order valence-electron chi connectivity index (χ1n) is 9.08. The molecule has 2 heterocycles. The highest BCUT2D eigenvalue weighted by molar-refractivity contribution is 7.68. The van der Waals surface area contributed by atoms with Crippen molar-refractivity contribution in [2.45, 2.75) is 38.6 Å². The number of ether oxygens (including phenoxy) is 1. The summed E-state index contributed by atoms with van der Waals surface area (Å²) < 4.78 is 41.1. The lowest BCUT2D eigenvalue weighted by Gasteiger charge is -2.38. The van der Waals surface area contributed by atoms with Crippen LogP contribution in [0.25, 0.3) is 0 Å². The van der Waals surface area contributed by atoms with E-state index in [1.165, 1.54) is 36.7 Å². The lowest BCUT2D eigenvalue weighted by Crippen LogP contribution is -2.33. The minimum absolute atomic E-state index is 0.266. The van der Waals surface area contributed by atoms with E-state index in [0.29, 0.717) is 5.56 Å². The number of hydrogen-bond acceptors (Lipinski definition) is 8. The number of benzene rings is 1. The number of carbonyl (C=O) groups is 1. The fraction of sp³-hybridized carbons (Fsp3) is 0.368. The van der Waals surface area contributed by atoms with Crippen LogP contribution in [0, 0.1) is 5.41 Å². The van der Waals surface area contributed by atoms with Crippen LogP contribution in [0.1, 0.15) is 38.2 Å². The first-order valence-corrected chi connectivity index (χ1v) is 12.0. The predicted octanol–water partition coefficient (Wildman–Crippen LogP) is 3.63. The van der Waals surface area contributed by atoms with Gasteiger partial charge in [-0.25, -0.2) is 0 Å². The average Bonchev–Trinajstić information content (AvgIpc) is 2.66. The van der Waals surface area contributed by atoms with Crippen LogP contribution in [0.4, 0.5) is 0 Å². The highest BCUT2D eigenvalue weighted by Gasteiger charge is 2.58. The van der Waals surface area contributed by atoms with Crippen molar-refractivity contribution in [3.63, 3.8) is 0 Å². The Hall–Kier alpha value is -1.86. The van der Waals surface area contributed by atoms with E-state index < -0.39 is 44.8 Å². The monoisotopic (exact) mass is 455 g/mol. The summed E-state index contributed by atoms with van der Waals surface area (Å²) in [6, 6.07) is 8.99. The molecule has 1 aromatic carbocycles. The zero-order valence-corrected chi connectivity index (χ0v) is 18.5. The largest absolute Gasteiger partial charge is 0.426 e. The van der Waals surface area contributed by atoms with Crippen LogP contribution in [0.15, 0.2) is 48.8 Å². The summed E-state index contributed by atoms with van der Waals surface area (Å²) in [6.45, 7) is 5.16. The van der Waals surface area contributed by atoms with Gasteiger partial charge in [0.1, 0.15) is 5.75 Å². The van der Waals surface area contributed by atoms with Crippen LogP contribution in [-0.4, -0.2) is 26.0 Å². The predicted molar refractivity (Wildman–Crippen MR) is 108 cm³/mol. The van der Waals surface area contributed by atoms with Crippen molar-refractivity contribution >= 4 is 21.6 Å². The fourth-order valence-corrected chi connectivity index (χ4v) is 5.80. The third-order valence-corrected chi connectivity index (χ3v) is 8.62. The Labute approximate surface area is 174 Å². The maximum absolute atomic E-state index is 12.7. The van der Waals surface area contributed by atoms with Gasteiger partial charge in [-0.3, -0.25) is 28.0 Å². The lowest BCUT2D eigenvalue weighted by molar-refractivity contribution is -0.143. The minimum atomic E-state index is -4.76. The Morgan fingerprint density at radius 3 is 2.50 bits per heavy atom. The van der Waals surface area contributed by atoms with E-state index in [-0.39, 0.29) is 11.3 Å². The van der Waals surface area contributed by atoms with Gasteiger partial charge in [0, 0.05) is 24.4 Å². The van der Waals surface area contributed by atoms with Gasteiger partial charge >= 0.3 is 13.6 Å². The normalized spacial score (nSPS) is 29.4. The van der Waals surface area contributed by atoms with E-state index in [1.807, 2.05) is 0 Å². The smallest absolute Gasteiger partial charge is 0.372 e. The average molecular weight is 455 g/mol. The topological polar surface area (TPSA) is 132 Å². The summed E-state index contributed by atoms with van der Waals surface area (Å²) in [5.41, 5.74) is 0.000976. The molecule has 3 rings (SSSR count). The number of aromatic nitrogens is 1. The van der Waals surface area contributed by atoms with E-state index in [2.05, 4.69) is 4.98 Å². The summed E-state index contributed by atoms with van der Waals surface area (Å²) in [7, 11) is -8.18. The maximum Gasteiger partial charge on any atom is 0.372 e. The van der Waals surface area contributed by atoms with Crippen molar-refractivity contribution in [2.75, 3.05) is 0 Å². The molecule has 11 heteroatoms. The summed E-state index contributed by atoms with van der Waals surface area (Å²) in [4.78, 5) is 26.2. The van der Waals surface area contributed by atoms with Gasteiger partial charge in [0.25, 0.3) is 0 Å². The maximum atomic E-state index is 12.7. The molecule has 0 radical (unpaired) electrons. The molecule has 0 amide bonds. The van der Waals surface area contributed by atoms with Crippen LogP contribution in [0.5, 0.6) is 5.75 Å². The van der Waals surface area contributed by atoms with E-state index in [9.17, 15) is 23.9 Å². The quantitative estimate of drug-likeness (QED) is 0.403. The van der Waals surface area contributed by atoms with Crippen molar-refractivity contribution < 1.29 is 37.7 Å². The van der Waals surface area contributed by atoms with Crippen molar-refractivity contribution in [3.8, 4) is 5.75 Å². The molecular formula is C19H23NO8P2. The van der Waals surface area contributed by atoms with Gasteiger partial charge in [-0.2, -0.15) is 0 Å². The molecule has 162 valence electrons. The molecule has 0 aliphatic carbocycles. The molecule has 1 aliphatic rings. The number of pyridine rings is 1. The SMILES string of the molecule is CC(C)(C)C(=O)Oc1ccc(C2O[PH](=O)C(O)(Cc3cccnc3)P(=O)(O)O2)cc1. The van der Waals surface area contributed by atoms with Crippen LogP contribution in [0.2, 0.25) is 0 Å². The third-order valence-electron chi connectivity index (χ3n) is 4.40. The second-order valence-corrected chi connectivity index (χ2v) is 12.0. The molecular weight excluding hydrogens is 432 g/mol. The van der Waals surface area contributed by atoms with Gasteiger partial charge < -0.3 is 14.7 Å². The van der Waals surface area contributed by atoms with Gasteiger partial charge in [0.15, 0.2) is 6.29 Å².